The average Bonchev–Trinajstić information content (AvgIpc) is 3.14. The molecular formula is C17H12Cl2N4O. The third kappa shape index (κ3) is 2.62. The van der Waals surface area contributed by atoms with E-state index in [9.17, 15) is 4.79 Å². The number of carbonyl (C=O) groups is 1. The fraction of sp³-hybridized carbons (Fsp3) is 0.0588. The van der Waals surface area contributed by atoms with Crippen LogP contribution >= 0.6 is 23.2 Å². The SMILES string of the molecule is O=C(NCc1nc2ccccc2[nH]1)c1[nH]c2ccc(Cl)cc2c1Cl. The lowest BCUT2D eigenvalue weighted by Gasteiger charge is -2.01. The van der Waals surface area contributed by atoms with Crippen molar-refractivity contribution in [3.05, 3.63) is 64.0 Å². The number of nitrogens with one attached hydrogen (secondary N) is 3. The number of amides is 1. The molecule has 3 N–H and O–H groups in total. The maximum Gasteiger partial charge on any atom is 0.269 e. The molecule has 0 spiro atoms. The number of aromatic nitrogens is 3. The van der Waals surface area contributed by atoms with Crippen LogP contribution in [0.4, 0.5) is 0 Å². The van der Waals surface area contributed by atoms with Gasteiger partial charge in [-0.05, 0) is 30.3 Å². The molecule has 24 heavy (non-hydrogen) atoms. The van der Waals surface area contributed by atoms with E-state index in [0.717, 1.165) is 21.9 Å². The van der Waals surface area contributed by atoms with Gasteiger partial charge in [0.15, 0.2) is 0 Å². The van der Waals surface area contributed by atoms with Gasteiger partial charge in [-0.25, -0.2) is 4.98 Å². The summed E-state index contributed by atoms with van der Waals surface area (Å²) in [6.07, 6.45) is 0. The van der Waals surface area contributed by atoms with Gasteiger partial charge in [0.25, 0.3) is 5.91 Å². The molecule has 1 amide bonds. The maximum absolute atomic E-state index is 12.4. The number of imidazole rings is 1. The van der Waals surface area contributed by atoms with E-state index in [2.05, 4.69) is 20.3 Å². The smallest absolute Gasteiger partial charge is 0.269 e. The predicted molar refractivity (Wildman–Crippen MR) is 95.6 cm³/mol. The number of nitrogens with zero attached hydrogens (tertiary/aromatic N) is 1. The standard InChI is InChI=1S/C17H12Cl2N4O/c18-9-5-6-11-10(7-9)15(19)16(23-11)17(24)20-8-14-21-12-3-1-2-4-13(12)22-14/h1-7,23H,8H2,(H,20,24)(H,21,22). The first-order valence-corrected chi connectivity index (χ1v) is 8.06. The van der Waals surface area contributed by atoms with E-state index in [-0.39, 0.29) is 12.5 Å². The first-order chi connectivity index (χ1) is 11.6. The van der Waals surface area contributed by atoms with Gasteiger partial charge in [0, 0.05) is 15.9 Å². The molecule has 0 fully saturated rings. The zero-order chi connectivity index (χ0) is 16.7. The van der Waals surface area contributed by atoms with E-state index >= 15 is 0 Å². The Balaban J connectivity index is 1.56. The Hall–Kier alpha value is -2.50. The molecule has 0 aliphatic rings. The molecule has 0 aliphatic heterocycles. The van der Waals surface area contributed by atoms with E-state index in [0.29, 0.717) is 21.6 Å². The van der Waals surface area contributed by atoms with Gasteiger partial charge in [-0.15, -0.1) is 0 Å². The second kappa shape index (κ2) is 5.85. The third-order valence-electron chi connectivity index (χ3n) is 3.78. The van der Waals surface area contributed by atoms with Gasteiger partial charge >= 0.3 is 0 Å². The van der Waals surface area contributed by atoms with Crippen molar-refractivity contribution in [1.29, 1.82) is 0 Å². The fourth-order valence-corrected chi connectivity index (χ4v) is 3.09. The van der Waals surface area contributed by atoms with E-state index < -0.39 is 0 Å². The van der Waals surface area contributed by atoms with Crippen LogP contribution in [0.5, 0.6) is 0 Å². The van der Waals surface area contributed by atoms with Crippen LogP contribution in [-0.4, -0.2) is 20.9 Å². The van der Waals surface area contributed by atoms with Crippen LogP contribution < -0.4 is 5.32 Å². The molecule has 2 aromatic heterocycles. The lowest BCUT2D eigenvalue weighted by molar-refractivity contribution is 0.0946. The summed E-state index contributed by atoms with van der Waals surface area (Å²) in [7, 11) is 0. The number of benzene rings is 2. The summed E-state index contributed by atoms with van der Waals surface area (Å²) in [4.78, 5) is 23.0. The van der Waals surface area contributed by atoms with Crippen molar-refractivity contribution in [1.82, 2.24) is 20.3 Å². The molecule has 5 nitrogen and oxygen atoms in total. The van der Waals surface area contributed by atoms with Crippen LogP contribution in [0, 0.1) is 0 Å². The molecule has 0 aliphatic carbocycles. The number of hydrogen-bond donors (Lipinski definition) is 3. The number of para-hydroxylation sites is 2. The van der Waals surface area contributed by atoms with E-state index in [1.54, 1.807) is 18.2 Å². The highest BCUT2D eigenvalue weighted by Gasteiger charge is 2.17. The number of aromatic amines is 2. The Morgan fingerprint density at radius 3 is 2.75 bits per heavy atom. The molecule has 0 unspecified atom stereocenters. The fourth-order valence-electron chi connectivity index (χ4n) is 2.63. The highest BCUT2D eigenvalue weighted by Crippen LogP contribution is 2.29. The van der Waals surface area contributed by atoms with Crippen molar-refractivity contribution in [2.24, 2.45) is 0 Å². The second-order valence-electron chi connectivity index (χ2n) is 5.39. The minimum atomic E-state index is -0.298. The summed E-state index contributed by atoms with van der Waals surface area (Å²) < 4.78 is 0. The molecular weight excluding hydrogens is 347 g/mol. The maximum atomic E-state index is 12.4. The normalized spacial score (nSPS) is 11.2. The number of H-pyrrole nitrogens is 2. The van der Waals surface area contributed by atoms with Crippen molar-refractivity contribution in [2.75, 3.05) is 0 Å². The third-order valence-corrected chi connectivity index (χ3v) is 4.41. The number of hydrogen-bond acceptors (Lipinski definition) is 2. The second-order valence-corrected chi connectivity index (χ2v) is 6.20. The number of halogens is 2. The highest BCUT2D eigenvalue weighted by atomic mass is 35.5. The Morgan fingerprint density at radius 1 is 1.08 bits per heavy atom. The van der Waals surface area contributed by atoms with Crippen LogP contribution in [0.3, 0.4) is 0 Å². The van der Waals surface area contributed by atoms with Crippen LogP contribution in [0.1, 0.15) is 16.3 Å². The van der Waals surface area contributed by atoms with Gasteiger partial charge in [0.2, 0.25) is 0 Å². The van der Waals surface area contributed by atoms with E-state index in [1.807, 2.05) is 24.3 Å². The minimum absolute atomic E-state index is 0.278. The summed E-state index contributed by atoms with van der Waals surface area (Å²) in [6.45, 7) is 0.278. The number of fused-ring (bicyclic) bond motifs is 2. The summed E-state index contributed by atoms with van der Waals surface area (Å²) in [5.41, 5.74) is 2.86. The Morgan fingerprint density at radius 2 is 1.92 bits per heavy atom. The van der Waals surface area contributed by atoms with Gasteiger partial charge < -0.3 is 15.3 Å². The first-order valence-electron chi connectivity index (χ1n) is 7.30. The average molecular weight is 359 g/mol. The molecule has 0 saturated heterocycles. The van der Waals surface area contributed by atoms with Crippen molar-refractivity contribution >= 4 is 51.0 Å². The highest BCUT2D eigenvalue weighted by molar-refractivity contribution is 6.39. The molecule has 4 rings (SSSR count). The van der Waals surface area contributed by atoms with E-state index in [1.165, 1.54) is 0 Å². The van der Waals surface area contributed by atoms with Crippen LogP contribution in [0.15, 0.2) is 42.5 Å². The van der Waals surface area contributed by atoms with Crippen molar-refractivity contribution < 1.29 is 4.79 Å². The van der Waals surface area contributed by atoms with Gasteiger partial charge in [-0.3, -0.25) is 4.79 Å². The van der Waals surface area contributed by atoms with Gasteiger partial charge in [-0.1, -0.05) is 35.3 Å². The Labute approximate surface area is 147 Å². The molecule has 2 aromatic carbocycles. The minimum Gasteiger partial charge on any atom is -0.349 e. The van der Waals surface area contributed by atoms with Crippen LogP contribution in [0.25, 0.3) is 21.9 Å². The molecule has 4 aromatic rings. The molecule has 2 heterocycles. The quantitative estimate of drug-likeness (QED) is 0.511. The largest absolute Gasteiger partial charge is 0.349 e. The van der Waals surface area contributed by atoms with Crippen molar-refractivity contribution in [3.8, 4) is 0 Å². The molecule has 0 bridgehead atoms. The molecule has 0 saturated carbocycles. The number of rotatable bonds is 3. The van der Waals surface area contributed by atoms with Gasteiger partial charge in [0.05, 0.1) is 22.6 Å². The van der Waals surface area contributed by atoms with Crippen LogP contribution in [0.2, 0.25) is 10.0 Å². The van der Waals surface area contributed by atoms with Crippen molar-refractivity contribution in [2.45, 2.75) is 6.54 Å². The Kier molecular flexibility index (Phi) is 3.67. The Bertz CT molecular complexity index is 1030. The van der Waals surface area contributed by atoms with E-state index in [4.69, 9.17) is 23.2 Å². The topological polar surface area (TPSA) is 73.6 Å². The first kappa shape index (κ1) is 15.1. The summed E-state index contributed by atoms with van der Waals surface area (Å²) in [6, 6.07) is 13.0. The number of carbonyl (C=O) groups excluding carboxylic acids is 1. The lowest BCUT2D eigenvalue weighted by atomic mass is 10.2. The lowest BCUT2D eigenvalue weighted by Crippen LogP contribution is -2.24. The zero-order valence-electron chi connectivity index (χ0n) is 12.4. The summed E-state index contributed by atoms with van der Waals surface area (Å²) in [5.74, 6) is 0.382. The van der Waals surface area contributed by atoms with Gasteiger partial charge in [0.1, 0.15) is 11.5 Å². The van der Waals surface area contributed by atoms with Crippen LogP contribution in [-0.2, 0) is 6.54 Å². The van der Waals surface area contributed by atoms with Crippen molar-refractivity contribution in [3.63, 3.8) is 0 Å². The zero-order valence-corrected chi connectivity index (χ0v) is 13.9. The molecule has 0 atom stereocenters. The van der Waals surface area contributed by atoms with Gasteiger partial charge in [-0.2, -0.15) is 0 Å². The molecule has 7 heteroatoms. The molecule has 120 valence electrons. The summed E-state index contributed by atoms with van der Waals surface area (Å²) in [5, 5.41) is 4.46. The summed E-state index contributed by atoms with van der Waals surface area (Å²) >= 11 is 12.3. The monoisotopic (exact) mass is 358 g/mol. The molecule has 0 radical (unpaired) electrons. The predicted octanol–water partition coefficient (Wildman–Crippen LogP) is 4.28.